The van der Waals surface area contributed by atoms with Crippen molar-refractivity contribution in [1.29, 1.82) is 0 Å². The van der Waals surface area contributed by atoms with Gasteiger partial charge in [-0.15, -0.1) is 0 Å². The minimum absolute atomic E-state index is 0.164. The molecule has 2 N–H and O–H groups in total. The molecule has 0 amide bonds. The molecule has 1 saturated heterocycles. The Balaban J connectivity index is 1.83. The zero-order chi connectivity index (χ0) is 19.8. The second kappa shape index (κ2) is 10.8. The second-order valence-corrected chi connectivity index (χ2v) is 11.3. The maximum Gasteiger partial charge on any atom is 0.191 e. The Morgan fingerprint density at radius 2 is 1.81 bits per heavy atom. The first-order chi connectivity index (χ1) is 12.8. The summed E-state index contributed by atoms with van der Waals surface area (Å²) in [6, 6.07) is 0. The molecule has 1 aliphatic heterocycles. The van der Waals surface area contributed by atoms with E-state index in [-0.39, 0.29) is 4.75 Å². The highest BCUT2D eigenvalue weighted by Gasteiger charge is 2.34. The molecule has 0 aromatic carbocycles. The largest absolute Gasteiger partial charge is 0.379 e. The smallest absolute Gasteiger partial charge is 0.191 e. The van der Waals surface area contributed by atoms with Crippen LogP contribution in [0.5, 0.6) is 0 Å². The highest BCUT2D eigenvalue weighted by atomic mass is 32.2. The van der Waals surface area contributed by atoms with E-state index in [9.17, 15) is 4.21 Å². The monoisotopic (exact) mass is 400 g/mol. The van der Waals surface area contributed by atoms with Crippen molar-refractivity contribution >= 4 is 16.8 Å². The van der Waals surface area contributed by atoms with Crippen molar-refractivity contribution in [3.05, 3.63) is 0 Å². The number of rotatable bonds is 7. The molecule has 0 aromatic heterocycles. The molecule has 1 aliphatic carbocycles. The number of hydrogen-bond donors (Lipinski definition) is 2. The first kappa shape index (κ1) is 22.6. The van der Waals surface area contributed by atoms with E-state index in [1.807, 2.05) is 27.8 Å². The Hall–Kier alpha value is -0.660. The molecule has 2 aliphatic rings. The van der Waals surface area contributed by atoms with Crippen LogP contribution in [0.1, 0.15) is 52.9 Å². The molecule has 6 nitrogen and oxygen atoms in total. The van der Waals surface area contributed by atoms with Crippen LogP contribution in [-0.2, 0) is 15.5 Å². The molecule has 0 radical (unpaired) electrons. The van der Waals surface area contributed by atoms with E-state index in [2.05, 4.69) is 20.5 Å². The summed E-state index contributed by atoms with van der Waals surface area (Å²) >= 11 is 0. The number of hydrogen-bond acceptors (Lipinski definition) is 4. The number of guanidine groups is 1. The lowest BCUT2D eigenvalue weighted by molar-refractivity contribution is 0.00820. The first-order valence-electron chi connectivity index (χ1n) is 10.5. The number of nitrogens with one attached hydrogen (secondary N) is 2. The van der Waals surface area contributed by atoms with Gasteiger partial charge in [0.25, 0.3) is 0 Å². The van der Waals surface area contributed by atoms with Crippen molar-refractivity contribution in [3.8, 4) is 0 Å². The van der Waals surface area contributed by atoms with E-state index in [1.165, 1.54) is 32.1 Å². The van der Waals surface area contributed by atoms with E-state index < -0.39 is 10.8 Å². The van der Waals surface area contributed by atoms with Crippen molar-refractivity contribution in [2.45, 2.75) is 57.6 Å². The molecule has 0 aromatic rings. The average Bonchev–Trinajstić information content (AvgIpc) is 2.65. The van der Waals surface area contributed by atoms with Gasteiger partial charge < -0.3 is 15.4 Å². The molecule has 1 heterocycles. The highest BCUT2D eigenvalue weighted by molar-refractivity contribution is 7.86. The Bertz CT molecular complexity index is 493. The predicted octanol–water partition coefficient (Wildman–Crippen LogP) is 1.98. The second-order valence-electron chi connectivity index (χ2n) is 8.96. The minimum atomic E-state index is -0.841. The van der Waals surface area contributed by atoms with Crippen LogP contribution in [0, 0.1) is 5.41 Å². The maximum atomic E-state index is 12.2. The molecule has 7 heteroatoms. The van der Waals surface area contributed by atoms with Gasteiger partial charge in [0.2, 0.25) is 0 Å². The maximum absolute atomic E-state index is 12.2. The molecule has 1 atom stereocenters. The van der Waals surface area contributed by atoms with Gasteiger partial charge in [-0.2, -0.15) is 0 Å². The van der Waals surface area contributed by atoms with Gasteiger partial charge in [-0.05, 0) is 33.6 Å². The predicted molar refractivity (Wildman–Crippen MR) is 115 cm³/mol. The average molecular weight is 401 g/mol. The lowest BCUT2D eigenvalue weighted by atomic mass is 9.73. The third kappa shape index (κ3) is 7.70. The van der Waals surface area contributed by atoms with Gasteiger partial charge in [0.15, 0.2) is 5.96 Å². The Kier molecular flexibility index (Phi) is 9.02. The van der Waals surface area contributed by atoms with Gasteiger partial charge in [-0.3, -0.25) is 14.1 Å². The lowest BCUT2D eigenvalue weighted by Gasteiger charge is -2.42. The van der Waals surface area contributed by atoms with Crippen LogP contribution in [0.25, 0.3) is 0 Å². The summed E-state index contributed by atoms with van der Waals surface area (Å²) in [5, 5.41) is 6.91. The lowest BCUT2D eigenvalue weighted by Crippen LogP contribution is -2.51. The Morgan fingerprint density at radius 3 is 2.41 bits per heavy atom. The summed E-state index contributed by atoms with van der Waals surface area (Å²) < 4.78 is 17.6. The van der Waals surface area contributed by atoms with Crippen LogP contribution in [0.15, 0.2) is 4.99 Å². The van der Waals surface area contributed by atoms with Crippen LogP contribution >= 0.6 is 0 Å². The number of morpholine rings is 1. The van der Waals surface area contributed by atoms with E-state index in [4.69, 9.17) is 4.74 Å². The molecule has 1 saturated carbocycles. The van der Waals surface area contributed by atoms with Gasteiger partial charge in [0, 0.05) is 66.5 Å². The number of nitrogens with zero attached hydrogens (tertiary/aromatic N) is 2. The zero-order valence-corrected chi connectivity index (χ0v) is 18.6. The molecule has 27 heavy (non-hydrogen) atoms. The Morgan fingerprint density at radius 1 is 1.15 bits per heavy atom. The molecule has 0 bridgehead atoms. The van der Waals surface area contributed by atoms with Crippen LogP contribution in [0.4, 0.5) is 0 Å². The molecular weight excluding hydrogens is 360 g/mol. The van der Waals surface area contributed by atoms with Crippen molar-refractivity contribution < 1.29 is 8.95 Å². The van der Waals surface area contributed by atoms with Crippen LogP contribution in [0.3, 0.4) is 0 Å². The third-order valence-electron chi connectivity index (χ3n) is 5.69. The van der Waals surface area contributed by atoms with Gasteiger partial charge in [-0.1, -0.05) is 19.3 Å². The summed E-state index contributed by atoms with van der Waals surface area (Å²) in [4.78, 5) is 6.94. The third-order valence-corrected chi connectivity index (χ3v) is 7.64. The molecule has 2 fully saturated rings. The van der Waals surface area contributed by atoms with Gasteiger partial charge >= 0.3 is 0 Å². The van der Waals surface area contributed by atoms with Gasteiger partial charge in [0.05, 0.1) is 13.2 Å². The fourth-order valence-electron chi connectivity index (χ4n) is 3.99. The topological polar surface area (TPSA) is 66.0 Å². The van der Waals surface area contributed by atoms with Crippen molar-refractivity contribution in [2.75, 3.05) is 58.7 Å². The Labute approximate surface area is 168 Å². The van der Waals surface area contributed by atoms with Crippen molar-refractivity contribution in [2.24, 2.45) is 10.4 Å². The highest BCUT2D eigenvalue weighted by Crippen LogP contribution is 2.36. The molecule has 1 unspecified atom stereocenters. The van der Waals surface area contributed by atoms with E-state index in [1.54, 1.807) is 0 Å². The zero-order valence-electron chi connectivity index (χ0n) is 17.8. The quantitative estimate of drug-likeness (QED) is 0.505. The van der Waals surface area contributed by atoms with E-state index in [0.29, 0.717) is 17.7 Å². The first-order valence-corrected chi connectivity index (χ1v) is 11.8. The SMILES string of the molecule is CN=C(NCCS(=O)C(C)(C)C)NCC1(CN2CCOCC2)CCCCC1. The number of aliphatic imine (C=N–C) groups is 1. The van der Waals surface area contributed by atoms with Gasteiger partial charge in [-0.25, -0.2) is 0 Å². The standard InChI is InChI=1S/C20H40N4O2S/c1-19(2,3)27(25)15-10-22-18(21-4)23-16-20(8-6-5-7-9-20)17-24-11-13-26-14-12-24/h5-17H2,1-4H3,(H2,21,22,23). The molecule has 0 spiro atoms. The summed E-state index contributed by atoms with van der Waals surface area (Å²) in [6.45, 7) is 12.7. The van der Waals surface area contributed by atoms with Crippen molar-refractivity contribution in [1.82, 2.24) is 15.5 Å². The van der Waals surface area contributed by atoms with Crippen molar-refractivity contribution in [3.63, 3.8) is 0 Å². The van der Waals surface area contributed by atoms with E-state index in [0.717, 1.165) is 45.4 Å². The normalized spacial score (nSPS) is 23.0. The minimum Gasteiger partial charge on any atom is -0.379 e. The van der Waals surface area contributed by atoms with Crippen LogP contribution in [-0.4, -0.2) is 78.6 Å². The van der Waals surface area contributed by atoms with Crippen LogP contribution in [0.2, 0.25) is 0 Å². The van der Waals surface area contributed by atoms with Crippen LogP contribution < -0.4 is 10.6 Å². The molecule has 2 rings (SSSR count). The summed E-state index contributed by atoms with van der Waals surface area (Å²) in [5.74, 6) is 1.47. The number of ether oxygens (including phenoxy) is 1. The summed E-state index contributed by atoms with van der Waals surface area (Å²) in [5.41, 5.74) is 0.321. The van der Waals surface area contributed by atoms with E-state index >= 15 is 0 Å². The summed E-state index contributed by atoms with van der Waals surface area (Å²) in [7, 11) is 0.970. The fraction of sp³-hybridized carbons (Fsp3) is 0.950. The molecule has 158 valence electrons. The molecular formula is C20H40N4O2S. The summed E-state index contributed by atoms with van der Waals surface area (Å²) in [6.07, 6.45) is 6.56. The van der Waals surface area contributed by atoms with Gasteiger partial charge in [0.1, 0.15) is 0 Å². The fourth-order valence-corrected chi connectivity index (χ4v) is 4.89.